The Hall–Kier alpha value is -2.74. The second-order valence-electron chi connectivity index (χ2n) is 4.99. The molecular formula is C16H18N4O3S. The number of aromatic amines is 1. The Kier molecular flexibility index (Phi) is 6.02. The molecule has 0 radical (unpaired) electrons. The molecule has 0 bridgehead atoms. The van der Waals surface area contributed by atoms with Crippen molar-refractivity contribution >= 4 is 30.2 Å². The molecule has 0 aliphatic rings. The zero-order valence-electron chi connectivity index (χ0n) is 13.4. The number of aromatic nitrogens is 3. The van der Waals surface area contributed by atoms with Crippen LogP contribution in [0.3, 0.4) is 0 Å². The molecule has 0 unspecified atom stereocenters. The lowest BCUT2D eigenvalue weighted by Crippen LogP contribution is -2.24. The minimum Gasteiger partial charge on any atom is -0.465 e. The van der Waals surface area contributed by atoms with Crippen molar-refractivity contribution in [2.45, 2.75) is 6.42 Å². The predicted octanol–water partition coefficient (Wildman–Crippen LogP) is 1.64. The normalized spacial score (nSPS) is 10.8. The SMILES string of the molecule is COC(=O)c1ccc(/C=C/C(=O)NCCc2n[nH]c(=S)n2C)cc1. The maximum absolute atomic E-state index is 11.8. The second-order valence-corrected chi connectivity index (χ2v) is 5.38. The molecule has 1 amide bonds. The summed E-state index contributed by atoms with van der Waals surface area (Å²) < 4.78 is 6.94. The summed E-state index contributed by atoms with van der Waals surface area (Å²) in [5, 5.41) is 9.54. The number of methoxy groups -OCH3 is 1. The first-order chi connectivity index (χ1) is 11.5. The van der Waals surface area contributed by atoms with Gasteiger partial charge in [0, 0.05) is 26.1 Å². The molecule has 0 fully saturated rings. The van der Waals surface area contributed by atoms with E-state index in [1.807, 2.05) is 7.05 Å². The number of hydrogen-bond acceptors (Lipinski definition) is 5. The number of ether oxygens (including phenoxy) is 1. The molecule has 0 aliphatic carbocycles. The van der Waals surface area contributed by atoms with Crippen LogP contribution >= 0.6 is 12.2 Å². The number of carbonyl (C=O) groups excluding carboxylic acids is 2. The molecule has 0 spiro atoms. The lowest BCUT2D eigenvalue weighted by Gasteiger charge is -2.02. The lowest BCUT2D eigenvalue weighted by molar-refractivity contribution is -0.116. The highest BCUT2D eigenvalue weighted by atomic mass is 32.1. The zero-order valence-corrected chi connectivity index (χ0v) is 14.2. The van der Waals surface area contributed by atoms with Gasteiger partial charge in [-0.3, -0.25) is 9.89 Å². The van der Waals surface area contributed by atoms with Crippen molar-refractivity contribution in [1.82, 2.24) is 20.1 Å². The van der Waals surface area contributed by atoms with Crippen LogP contribution in [0.2, 0.25) is 0 Å². The van der Waals surface area contributed by atoms with Crippen molar-refractivity contribution in [1.29, 1.82) is 0 Å². The number of nitrogens with zero attached hydrogens (tertiary/aromatic N) is 2. The lowest BCUT2D eigenvalue weighted by atomic mass is 10.1. The quantitative estimate of drug-likeness (QED) is 0.471. The molecule has 2 rings (SSSR count). The van der Waals surface area contributed by atoms with E-state index in [1.165, 1.54) is 13.2 Å². The molecule has 0 atom stereocenters. The maximum atomic E-state index is 11.8. The van der Waals surface area contributed by atoms with Crippen LogP contribution < -0.4 is 5.32 Å². The van der Waals surface area contributed by atoms with E-state index < -0.39 is 5.97 Å². The van der Waals surface area contributed by atoms with Crippen molar-refractivity contribution < 1.29 is 14.3 Å². The molecular weight excluding hydrogens is 328 g/mol. The Bertz CT molecular complexity index is 805. The molecule has 126 valence electrons. The molecule has 0 saturated carbocycles. The van der Waals surface area contributed by atoms with Crippen LogP contribution in [0, 0.1) is 4.77 Å². The average molecular weight is 346 g/mol. The smallest absolute Gasteiger partial charge is 0.337 e. The van der Waals surface area contributed by atoms with Gasteiger partial charge in [0.1, 0.15) is 5.82 Å². The second kappa shape index (κ2) is 8.21. The van der Waals surface area contributed by atoms with Gasteiger partial charge in [0.15, 0.2) is 4.77 Å². The molecule has 24 heavy (non-hydrogen) atoms. The molecule has 2 aromatic rings. The first kappa shape index (κ1) is 17.6. The number of benzene rings is 1. The van der Waals surface area contributed by atoms with Crippen molar-refractivity contribution in [2.24, 2.45) is 7.05 Å². The number of hydrogen-bond donors (Lipinski definition) is 2. The third-order valence-corrected chi connectivity index (χ3v) is 3.74. The third kappa shape index (κ3) is 4.63. The van der Waals surface area contributed by atoms with Crippen LogP contribution in [0.5, 0.6) is 0 Å². The summed E-state index contributed by atoms with van der Waals surface area (Å²) in [6.07, 6.45) is 3.69. The van der Waals surface area contributed by atoms with Gasteiger partial charge < -0.3 is 14.6 Å². The van der Waals surface area contributed by atoms with Crippen molar-refractivity contribution in [3.8, 4) is 0 Å². The van der Waals surface area contributed by atoms with E-state index in [-0.39, 0.29) is 5.91 Å². The van der Waals surface area contributed by atoms with Crippen molar-refractivity contribution in [3.63, 3.8) is 0 Å². The van der Waals surface area contributed by atoms with Crippen LogP contribution in [-0.2, 0) is 23.0 Å². The highest BCUT2D eigenvalue weighted by molar-refractivity contribution is 7.71. The van der Waals surface area contributed by atoms with E-state index in [1.54, 1.807) is 34.9 Å². The van der Waals surface area contributed by atoms with Crippen LogP contribution in [0.1, 0.15) is 21.7 Å². The summed E-state index contributed by atoms with van der Waals surface area (Å²) in [4.78, 5) is 23.1. The first-order valence-corrected chi connectivity index (χ1v) is 7.66. The molecule has 1 aromatic carbocycles. The van der Waals surface area contributed by atoms with Gasteiger partial charge in [-0.05, 0) is 36.0 Å². The Balaban J connectivity index is 1.83. The van der Waals surface area contributed by atoms with Gasteiger partial charge in [-0.25, -0.2) is 4.79 Å². The van der Waals surface area contributed by atoms with Gasteiger partial charge in [0.05, 0.1) is 12.7 Å². The largest absolute Gasteiger partial charge is 0.465 e. The van der Waals surface area contributed by atoms with Crippen molar-refractivity contribution in [3.05, 3.63) is 52.1 Å². The van der Waals surface area contributed by atoms with Gasteiger partial charge in [0.2, 0.25) is 5.91 Å². The fraction of sp³-hybridized carbons (Fsp3) is 0.250. The summed E-state index contributed by atoms with van der Waals surface area (Å²) in [6.45, 7) is 0.456. The number of amides is 1. The fourth-order valence-electron chi connectivity index (χ4n) is 1.98. The summed E-state index contributed by atoms with van der Waals surface area (Å²) in [6, 6.07) is 6.77. The topological polar surface area (TPSA) is 89.0 Å². The summed E-state index contributed by atoms with van der Waals surface area (Å²) in [7, 11) is 3.15. The standard InChI is InChI=1S/C16H18N4O3S/c1-20-13(18-19-16(20)24)9-10-17-14(21)8-5-11-3-6-12(7-4-11)15(22)23-2/h3-8H,9-10H2,1-2H3,(H,17,21)(H,19,24)/b8-5+. The minimum atomic E-state index is -0.392. The molecule has 2 N–H and O–H groups in total. The Morgan fingerprint density at radius 2 is 2.08 bits per heavy atom. The van der Waals surface area contributed by atoms with Gasteiger partial charge in [-0.2, -0.15) is 5.10 Å². The summed E-state index contributed by atoms with van der Waals surface area (Å²) in [5.41, 5.74) is 1.28. The van der Waals surface area contributed by atoms with Crippen molar-refractivity contribution in [2.75, 3.05) is 13.7 Å². The van der Waals surface area contributed by atoms with Crippen LogP contribution in [0.4, 0.5) is 0 Å². The Labute approximate surface area is 144 Å². The Morgan fingerprint density at radius 3 is 2.67 bits per heavy atom. The third-order valence-electron chi connectivity index (χ3n) is 3.38. The van der Waals surface area contributed by atoms with E-state index in [0.717, 1.165) is 11.4 Å². The van der Waals surface area contributed by atoms with E-state index in [2.05, 4.69) is 20.3 Å². The number of H-pyrrole nitrogens is 1. The highest BCUT2D eigenvalue weighted by Gasteiger charge is 2.04. The zero-order chi connectivity index (χ0) is 17.5. The summed E-state index contributed by atoms with van der Waals surface area (Å²) in [5.74, 6) is 0.184. The van der Waals surface area contributed by atoms with Crippen LogP contribution in [0.15, 0.2) is 30.3 Å². The van der Waals surface area contributed by atoms with Crippen LogP contribution in [0.25, 0.3) is 6.08 Å². The number of carbonyl (C=O) groups is 2. The Morgan fingerprint density at radius 1 is 1.38 bits per heavy atom. The van der Waals surface area contributed by atoms with E-state index in [0.29, 0.717) is 23.3 Å². The predicted molar refractivity (Wildman–Crippen MR) is 91.9 cm³/mol. The summed E-state index contributed by atoms with van der Waals surface area (Å²) >= 11 is 5.02. The van der Waals surface area contributed by atoms with E-state index in [9.17, 15) is 9.59 Å². The number of rotatable bonds is 6. The average Bonchev–Trinajstić information content (AvgIpc) is 2.92. The van der Waals surface area contributed by atoms with Gasteiger partial charge in [0.25, 0.3) is 0 Å². The molecule has 0 aliphatic heterocycles. The molecule has 1 heterocycles. The molecule has 7 nitrogen and oxygen atoms in total. The monoisotopic (exact) mass is 346 g/mol. The van der Waals surface area contributed by atoms with E-state index in [4.69, 9.17) is 12.2 Å². The van der Waals surface area contributed by atoms with Gasteiger partial charge in [-0.15, -0.1) is 0 Å². The maximum Gasteiger partial charge on any atom is 0.337 e. The molecule has 1 aromatic heterocycles. The van der Waals surface area contributed by atoms with E-state index >= 15 is 0 Å². The van der Waals surface area contributed by atoms with Crippen LogP contribution in [-0.4, -0.2) is 40.3 Å². The van der Waals surface area contributed by atoms with Gasteiger partial charge in [-0.1, -0.05) is 12.1 Å². The first-order valence-electron chi connectivity index (χ1n) is 7.26. The molecule has 0 saturated heterocycles. The van der Waals surface area contributed by atoms with Gasteiger partial charge >= 0.3 is 5.97 Å². The minimum absolute atomic E-state index is 0.205. The number of nitrogens with one attached hydrogen (secondary N) is 2. The highest BCUT2D eigenvalue weighted by Crippen LogP contribution is 2.07. The molecule has 8 heteroatoms. The fourth-order valence-corrected chi connectivity index (χ4v) is 2.13. The number of esters is 1.